The summed E-state index contributed by atoms with van der Waals surface area (Å²) in [7, 11) is 0. The minimum atomic E-state index is -0.816. The number of nitrogen functional groups attached to an aromatic ring is 1. The molecule has 2 aliphatic rings. The first-order valence-corrected chi connectivity index (χ1v) is 5.18. The molecule has 80 valence electrons. The van der Waals surface area contributed by atoms with Crippen molar-refractivity contribution >= 4 is 11.4 Å². The van der Waals surface area contributed by atoms with E-state index in [4.69, 9.17) is 5.73 Å². The van der Waals surface area contributed by atoms with Crippen LogP contribution >= 0.6 is 0 Å². The molecule has 2 N–H and O–H groups in total. The second-order valence-corrected chi connectivity index (χ2v) is 4.34. The highest BCUT2D eigenvalue weighted by atomic mass is 19.2. The highest BCUT2D eigenvalue weighted by molar-refractivity contribution is 5.70. The summed E-state index contributed by atoms with van der Waals surface area (Å²) in [4.78, 5) is 1.92. The van der Waals surface area contributed by atoms with Crippen LogP contribution in [0.15, 0.2) is 12.1 Å². The Morgan fingerprint density at radius 2 is 2.13 bits per heavy atom. The molecule has 2 fully saturated rings. The molecule has 2 nitrogen and oxygen atoms in total. The largest absolute Gasteiger partial charge is 0.397 e. The number of piperidine rings is 1. The Kier molecular flexibility index (Phi) is 1.69. The van der Waals surface area contributed by atoms with Gasteiger partial charge in [0.25, 0.3) is 0 Å². The van der Waals surface area contributed by atoms with Crippen LogP contribution in [0.5, 0.6) is 0 Å². The third kappa shape index (κ3) is 1.20. The monoisotopic (exact) mass is 210 g/mol. The SMILES string of the molecule is Nc1ccc(F)c(F)c1N1CCC2CC21. The van der Waals surface area contributed by atoms with Gasteiger partial charge in [0.15, 0.2) is 11.6 Å². The molecule has 1 heterocycles. The molecular formula is C11H12F2N2. The lowest BCUT2D eigenvalue weighted by atomic mass is 10.2. The summed E-state index contributed by atoms with van der Waals surface area (Å²) in [5.41, 5.74) is 6.30. The zero-order valence-corrected chi connectivity index (χ0v) is 8.21. The number of hydrogen-bond acceptors (Lipinski definition) is 2. The molecule has 3 rings (SSSR count). The quantitative estimate of drug-likeness (QED) is 0.719. The fraction of sp³-hybridized carbons (Fsp3) is 0.455. The summed E-state index contributed by atoms with van der Waals surface area (Å²) in [5, 5.41) is 0. The standard InChI is InChI=1S/C11H12F2N2/c12-7-1-2-8(14)11(10(7)13)15-4-3-6-5-9(6)15/h1-2,6,9H,3-5,14H2. The number of anilines is 2. The minimum absolute atomic E-state index is 0.264. The molecule has 0 spiro atoms. The highest BCUT2D eigenvalue weighted by Crippen LogP contribution is 2.48. The Labute approximate surface area is 86.7 Å². The number of rotatable bonds is 1. The van der Waals surface area contributed by atoms with Crippen molar-refractivity contribution in [3.8, 4) is 0 Å². The predicted molar refractivity (Wildman–Crippen MR) is 54.6 cm³/mol. The number of nitrogens with two attached hydrogens (primary N) is 1. The van der Waals surface area contributed by atoms with E-state index >= 15 is 0 Å². The molecule has 1 aromatic rings. The Bertz CT molecular complexity index is 419. The van der Waals surface area contributed by atoms with Crippen molar-refractivity contribution in [1.82, 2.24) is 0 Å². The van der Waals surface area contributed by atoms with Crippen molar-refractivity contribution in [2.24, 2.45) is 5.92 Å². The molecule has 1 aliphatic carbocycles. The van der Waals surface area contributed by atoms with E-state index in [1.165, 1.54) is 6.07 Å². The van der Waals surface area contributed by atoms with Gasteiger partial charge >= 0.3 is 0 Å². The van der Waals surface area contributed by atoms with Crippen molar-refractivity contribution < 1.29 is 8.78 Å². The van der Waals surface area contributed by atoms with E-state index < -0.39 is 11.6 Å². The third-order valence-electron chi connectivity index (χ3n) is 3.41. The summed E-state index contributed by atoms with van der Waals surface area (Å²) in [6.07, 6.45) is 2.16. The van der Waals surface area contributed by atoms with Gasteiger partial charge in [-0.2, -0.15) is 0 Å². The van der Waals surface area contributed by atoms with Crippen molar-refractivity contribution in [2.75, 3.05) is 17.2 Å². The predicted octanol–water partition coefficient (Wildman–Crippen LogP) is 2.15. The van der Waals surface area contributed by atoms with Crippen LogP contribution in [0.3, 0.4) is 0 Å². The van der Waals surface area contributed by atoms with E-state index in [1.54, 1.807) is 0 Å². The van der Waals surface area contributed by atoms with E-state index in [1.807, 2.05) is 4.90 Å². The average Bonchev–Trinajstić information content (AvgIpc) is 2.89. The van der Waals surface area contributed by atoms with E-state index in [0.29, 0.717) is 17.6 Å². The van der Waals surface area contributed by atoms with Crippen molar-refractivity contribution in [3.05, 3.63) is 23.8 Å². The topological polar surface area (TPSA) is 29.3 Å². The van der Waals surface area contributed by atoms with Gasteiger partial charge in [0.05, 0.1) is 11.4 Å². The van der Waals surface area contributed by atoms with Gasteiger partial charge in [-0.15, -0.1) is 0 Å². The van der Waals surface area contributed by atoms with Crippen molar-refractivity contribution in [3.63, 3.8) is 0 Å². The number of benzene rings is 1. The van der Waals surface area contributed by atoms with Gasteiger partial charge in [0.1, 0.15) is 0 Å². The maximum Gasteiger partial charge on any atom is 0.184 e. The smallest absolute Gasteiger partial charge is 0.184 e. The van der Waals surface area contributed by atoms with Gasteiger partial charge in [0, 0.05) is 12.6 Å². The van der Waals surface area contributed by atoms with Crippen LogP contribution in [-0.4, -0.2) is 12.6 Å². The molecule has 1 saturated heterocycles. The molecule has 1 aliphatic heterocycles. The normalized spacial score (nSPS) is 28.0. The van der Waals surface area contributed by atoms with Crippen LogP contribution in [0.25, 0.3) is 0 Å². The molecule has 4 heteroatoms. The number of nitrogens with zero attached hydrogens (tertiary/aromatic N) is 1. The van der Waals surface area contributed by atoms with Gasteiger partial charge in [-0.3, -0.25) is 0 Å². The molecule has 2 unspecified atom stereocenters. The first kappa shape index (κ1) is 8.95. The molecule has 1 saturated carbocycles. The van der Waals surface area contributed by atoms with Gasteiger partial charge < -0.3 is 10.6 Å². The lowest BCUT2D eigenvalue weighted by Gasteiger charge is -2.22. The molecule has 1 aromatic carbocycles. The maximum atomic E-state index is 13.6. The first-order chi connectivity index (χ1) is 7.18. The Morgan fingerprint density at radius 3 is 2.73 bits per heavy atom. The zero-order valence-electron chi connectivity index (χ0n) is 8.21. The maximum absolute atomic E-state index is 13.6. The van der Waals surface area contributed by atoms with Gasteiger partial charge in [-0.25, -0.2) is 8.78 Å². The highest BCUT2D eigenvalue weighted by Gasteiger charge is 2.48. The van der Waals surface area contributed by atoms with E-state index in [-0.39, 0.29) is 5.69 Å². The number of fused-ring (bicyclic) bond motifs is 1. The van der Waals surface area contributed by atoms with Crippen LogP contribution in [0.1, 0.15) is 12.8 Å². The second kappa shape index (κ2) is 2.84. The second-order valence-electron chi connectivity index (χ2n) is 4.34. The van der Waals surface area contributed by atoms with Gasteiger partial charge in [0.2, 0.25) is 0 Å². The van der Waals surface area contributed by atoms with Crippen LogP contribution in [-0.2, 0) is 0 Å². The van der Waals surface area contributed by atoms with E-state index in [0.717, 1.165) is 25.5 Å². The van der Waals surface area contributed by atoms with E-state index in [2.05, 4.69) is 0 Å². The Balaban J connectivity index is 2.06. The van der Waals surface area contributed by atoms with E-state index in [9.17, 15) is 8.78 Å². The molecule has 2 atom stereocenters. The lowest BCUT2D eigenvalue weighted by Crippen LogP contribution is -2.25. The number of halogens is 2. The summed E-state index contributed by atoms with van der Waals surface area (Å²) >= 11 is 0. The Morgan fingerprint density at radius 1 is 1.33 bits per heavy atom. The fourth-order valence-electron chi connectivity index (χ4n) is 2.52. The van der Waals surface area contributed by atoms with Crippen molar-refractivity contribution in [2.45, 2.75) is 18.9 Å². The molecule has 0 amide bonds. The minimum Gasteiger partial charge on any atom is -0.397 e. The van der Waals surface area contributed by atoms with Crippen LogP contribution in [0.4, 0.5) is 20.2 Å². The average molecular weight is 210 g/mol. The first-order valence-electron chi connectivity index (χ1n) is 5.18. The summed E-state index contributed by atoms with van der Waals surface area (Å²) in [6, 6.07) is 2.90. The summed E-state index contributed by atoms with van der Waals surface area (Å²) in [5.74, 6) is -0.946. The molecule has 0 aromatic heterocycles. The molecule has 15 heavy (non-hydrogen) atoms. The summed E-state index contributed by atoms with van der Waals surface area (Å²) in [6.45, 7) is 0.792. The van der Waals surface area contributed by atoms with Crippen molar-refractivity contribution in [1.29, 1.82) is 0 Å². The molecular weight excluding hydrogens is 198 g/mol. The van der Waals surface area contributed by atoms with Crippen LogP contribution in [0.2, 0.25) is 0 Å². The number of hydrogen-bond donors (Lipinski definition) is 1. The van der Waals surface area contributed by atoms with Crippen LogP contribution < -0.4 is 10.6 Å². The van der Waals surface area contributed by atoms with Gasteiger partial charge in [-0.1, -0.05) is 0 Å². The molecule has 0 radical (unpaired) electrons. The van der Waals surface area contributed by atoms with Gasteiger partial charge in [-0.05, 0) is 30.9 Å². The summed E-state index contributed by atoms with van der Waals surface area (Å²) < 4.78 is 26.7. The lowest BCUT2D eigenvalue weighted by molar-refractivity contribution is 0.507. The Hall–Kier alpha value is -1.32. The third-order valence-corrected chi connectivity index (χ3v) is 3.41. The zero-order chi connectivity index (χ0) is 10.6. The van der Waals surface area contributed by atoms with Crippen LogP contribution in [0, 0.1) is 17.6 Å². The molecule has 0 bridgehead atoms. The fourth-order valence-corrected chi connectivity index (χ4v) is 2.52.